The first-order valence-corrected chi connectivity index (χ1v) is 8.18. The van der Waals surface area contributed by atoms with E-state index in [0.29, 0.717) is 11.6 Å². The molecule has 1 saturated heterocycles. The van der Waals surface area contributed by atoms with Gasteiger partial charge in [0.1, 0.15) is 0 Å². The van der Waals surface area contributed by atoms with Crippen LogP contribution in [-0.4, -0.2) is 29.5 Å². The highest BCUT2D eigenvalue weighted by Crippen LogP contribution is 2.26. The Morgan fingerprint density at radius 1 is 1.43 bits per heavy atom. The van der Waals surface area contributed by atoms with E-state index in [-0.39, 0.29) is 11.9 Å². The maximum Gasteiger partial charge on any atom is 0.253 e. The Labute approximate surface area is 127 Å². The first kappa shape index (κ1) is 15.8. The van der Waals surface area contributed by atoms with E-state index in [1.807, 2.05) is 19.2 Å². The smallest absolute Gasteiger partial charge is 0.253 e. The van der Waals surface area contributed by atoms with Crippen LogP contribution >= 0.6 is 0 Å². The Balaban J connectivity index is 2.14. The van der Waals surface area contributed by atoms with Crippen molar-refractivity contribution in [2.75, 3.05) is 11.4 Å². The quantitative estimate of drug-likeness (QED) is 0.904. The summed E-state index contributed by atoms with van der Waals surface area (Å²) in [7, 11) is 0. The van der Waals surface area contributed by atoms with Gasteiger partial charge in [0.2, 0.25) is 0 Å². The molecule has 21 heavy (non-hydrogen) atoms. The predicted octanol–water partition coefficient (Wildman–Crippen LogP) is 3.38. The van der Waals surface area contributed by atoms with Gasteiger partial charge < -0.3 is 10.2 Å². The van der Waals surface area contributed by atoms with E-state index in [1.165, 1.54) is 19.3 Å². The van der Waals surface area contributed by atoms with E-state index >= 15 is 0 Å². The summed E-state index contributed by atoms with van der Waals surface area (Å²) in [6.45, 7) is 7.39. The molecule has 1 N–H and O–H groups in total. The van der Waals surface area contributed by atoms with Gasteiger partial charge in [0.05, 0.1) is 17.4 Å². The van der Waals surface area contributed by atoms with Crippen molar-refractivity contribution >= 4 is 11.6 Å². The molecule has 1 aliphatic rings. The van der Waals surface area contributed by atoms with Crippen LogP contribution in [0.15, 0.2) is 18.5 Å². The molecule has 0 saturated carbocycles. The van der Waals surface area contributed by atoms with Crippen molar-refractivity contribution in [3.05, 3.63) is 24.0 Å². The monoisotopic (exact) mass is 289 g/mol. The van der Waals surface area contributed by atoms with Crippen LogP contribution in [0.25, 0.3) is 0 Å². The Morgan fingerprint density at radius 2 is 2.24 bits per heavy atom. The summed E-state index contributed by atoms with van der Waals surface area (Å²) in [4.78, 5) is 18.9. The third-order valence-electron chi connectivity index (χ3n) is 4.41. The van der Waals surface area contributed by atoms with Crippen LogP contribution in [0.1, 0.15) is 63.2 Å². The predicted molar refractivity (Wildman–Crippen MR) is 86.7 cm³/mol. The van der Waals surface area contributed by atoms with E-state index < -0.39 is 0 Å². The van der Waals surface area contributed by atoms with Gasteiger partial charge in [0, 0.05) is 24.8 Å². The maximum absolute atomic E-state index is 12.2. The topological polar surface area (TPSA) is 45.2 Å². The number of rotatable bonds is 5. The van der Waals surface area contributed by atoms with Crippen molar-refractivity contribution in [2.24, 2.45) is 0 Å². The molecule has 0 aliphatic carbocycles. The fourth-order valence-electron chi connectivity index (χ4n) is 2.88. The van der Waals surface area contributed by atoms with Crippen LogP contribution in [0.3, 0.4) is 0 Å². The molecule has 1 aliphatic heterocycles. The Morgan fingerprint density at radius 3 is 2.95 bits per heavy atom. The highest BCUT2D eigenvalue weighted by atomic mass is 16.1. The average Bonchev–Trinajstić information content (AvgIpc) is 2.54. The molecule has 1 aromatic heterocycles. The molecule has 0 radical (unpaired) electrons. The summed E-state index contributed by atoms with van der Waals surface area (Å²) in [5, 5.41) is 3.00. The SMILES string of the molecule is CCC(C)NC(=O)c1cncc(N2CCCCC2CC)c1. The number of nitrogens with zero attached hydrogens (tertiary/aromatic N) is 2. The molecule has 4 heteroatoms. The number of aromatic nitrogens is 1. The van der Waals surface area contributed by atoms with Crippen molar-refractivity contribution in [3.8, 4) is 0 Å². The van der Waals surface area contributed by atoms with E-state index in [0.717, 1.165) is 25.1 Å². The van der Waals surface area contributed by atoms with E-state index in [4.69, 9.17) is 0 Å². The number of carbonyl (C=O) groups excluding carboxylic acids is 1. The van der Waals surface area contributed by atoms with Crippen molar-refractivity contribution in [1.29, 1.82) is 0 Å². The third kappa shape index (κ3) is 3.96. The van der Waals surface area contributed by atoms with Gasteiger partial charge in [0.15, 0.2) is 0 Å². The fourth-order valence-corrected chi connectivity index (χ4v) is 2.88. The molecule has 2 heterocycles. The molecule has 2 unspecified atom stereocenters. The number of piperidine rings is 1. The van der Waals surface area contributed by atoms with Gasteiger partial charge in [-0.1, -0.05) is 13.8 Å². The second-order valence-corrected chi connectivity index (χ2v) is 5.97. The molecule has 0 bridgehead atoms. The first-order chi connectivity index (χ1) is 10.2. The molecule has 4 nitrogen and oxygen atoms in total. The molecule has 0 aromatic carbocycles. The normalized spacial score (nSPS) is 20.1. The number of anilines is 1. The van der Waals surface area contributed by atoms with Crippen molar-refractivity contribution in [3.63, 3.8) is 0 Å². The number of hydrogen-bond donors (Lipinski definition) is 1. The number of carbonyl (C=O) groups is 1. The zero-order chi connectivity index (χ0) is 15.2. The third-order valence-corrected chi connectivity index (χ3v) is 4.41. The van der Waals surface area contributed by atoms with Gasteiger partial charge in [-0.15, -0.1) is 0 Å². The van der Waals surface area contributed by atoms with E-state index in [9.17, 15) is 4.79 Å². The summed E-state index contributed by atoms with van der Waals surface area (Å²) in [6.07, 6.45) is 9.38. The van der Waals surface area contributed by atoms with Gasteiger partial charge in [-0.2, -0.15) is 0 Å². The summed E-state index contributed by atoms with van der Waals surface area (Å²) in [5.41, 5.74) is 1.74. The Hall–Kier alpha value is -1.58. The number of pyridine rings is 1. The zero-order valence-electron chi connectivity index (χ0n) is 13.4. The minimum Gasteiger partial charge on any atom is -0.367 e. The molecule has 1 fully saturated rings. The molecule has 0 spiro atoms. The van der Waals surface area contributed by atoms with E-state index in [1.54, 1.807) is 6.20 Å². The van der Waals surface area contributed by atoms with Crippen LogP contribution in [-0.2, 0) is 0 Å². The molecule has 1 aromatic rings. The average molecular weight is 289 g/mol. The van der Waals surface area contributed by atoms with Crippen molar-refractivity contribution in [2.45, 2.75) is 65.0 Å². The lowest BCUT2D eigenvalue weighted by atomic mass is 9.99. The molecular formula is C17H27N3O. The van der Waals surface area contributed by atoms with Gasteiger partial charge in [0.25, 0.3) is 5.91 Å². The van der Waals surface area contributed by atoms with Gasteiger partial charge in [-0.3, -0.25) is 9.78 Å². The minimum atomic E-state index is -0.0243. The molecule has 2 atom stereocenters. The fraction of sp³-hybridized carbons (Fsp3) is 0.647. The molecule has 2 rings (SSSR count). The molecule has 116 valence electrons. The summed E-state index contributed by atoms with van der Waals surface area (Å²) < 4.78 is 0. The summed E-state index contributed by atoms with van der Waals surface area (Å²) >= 11 is 0. The Kier molecular flexibility index (Phi) is 5.59. The molecule has 1 amide bonds. The Bertz CT molecular complexity index is 475. The number of amides is 1. The van der Waals surface area contributed by atoms with E-state index in [2.05, 4.69) is 29.0 Å². The lowest BCUT2D eigenvalue weighted by Gasteiger charge is -2.37. The highest BCUT2D eigenvalue weighted by Gasteiger charge is 2.22. The van der Waals surface area contributed by atoms with Crippen molar-refractivity contribution < 1.29 is 4.79 Å². The second kappa shape index (κ2) is 7.43. The van der Waals surface area contributed by atoms with Crippen LogP contribution in [0.2, 0.25) is 0 Å². The standard InChI is InChI=1S/C17H27N3O/c1-4-13(3)19-17(21)14-10-16(12-18-11-14)20-9-7-6-8-15(20)5-2/h10-13,15H,4-9H2,1-3H3,(H,19,21). The van der Waals surface area contributed by atoms with Crippen LogP contribution in [0.4, 0.5) is 5.69 Å². The highest BCUT2D eigenvalue weighted by molar-refractivity contribution is 5.94. The van der Waals surface area contributed by atoms with Gasteiger partial charge >= 0.3 is 0 Å². The largest absolute Gasteiger partial charge is 0.367 e. The zero-order valence-corrected chi connectivity index (χ0v) is 13.4. The van der Waals surface area contributed by atoms with Crippen LogP contribution in [0, 0.1) is 0 Å². The second-order valence-electron chi connectivity index (χ2n) is 5.97. The summed E-state index contributed by atoms with van der Waals surface area (Å²) in [6, 6.07) is 2.76. The van der Waals surface area contributed by atoms with Crippen LogP contribution < -0.4 is 10.2 Å². The van der Waals surface area contributed by atoms with Crippen molar-refractivity contribution in [1.82, 2.24) is 10.3 Å². The maximum atomic E-state index is 12.2. The lowest BCUT2D eigenvalue weighted by Crippen LogP contribution is -2.39. The van der Waals surface area contributed by atoms with Gasteiger partial charge in [-0.05, 0) is 45.1 Å². The van der Waals surface area contributed by atoms with Crippen LogP contribution in [0.5, 0.6) is 0 Å². The summed E-state index contributed by atoms with van der Waals surface area (Å²) in [5.74, 6) is -0.0243. The molecular weight excluding hydrogens is 262 g/mol. The number of nitrogens with one attached hydrogen (secondary N) is 1. The lowest BCUT2D eigenvalue weighted by molar-refractivity contribution is 0.0939. The first-order valence-electron chi connectivity index (χ1n) is 8.18. The van der Waals surface area contributed by atoms with Gasteiger partial charge in [-0.25, -0.2) is 0 Å². The minimum absolute atomic E-state index is 0.0243. The number of hydrogen-bond acceptors (Lipinski definition) is 3.